The maximum Gasteiger partial charge on any atom is 0.325 e. The van der Waals surface area contributed by atoms with E-state index in [-0.39, 0.29) is 16.9 Å². The van der Waals surface area contributed by atoms with Crippen molar-refractivity contribution >= 4 is 17.8 Å². The predicted molar refractivity (Wildman–Crippen MR) is 124 cm³/mol. The van der Waals surface area contributed by atoms with Crippen LogP contribution in [0, 0.1) is 17.2 Å². The summed E-state index contributed by atoms with van der Waals surface area (Å²) in [4.78, 5) is 44.2. The van der Waals surface area contributed by atoms with Crippen LogP contribution in [0.5, 0.6) is 0 Å². The molecule has 0 radical (unpaired) electrons. The molecule has 4 rings (SSSR count). The second-order valence-electron chi connectivity index (χ2n) is 10.5. The summed E-state index contributed by atoms with van der Waals surface area (Å²) < 4.78 is 16.3. The molecule has 0 bridgehead atoms. The Balaban J connectivity index is 1.49. The predicted octanol–water partition coefficient (Wildman–Crippen LogP) is 3.29. The minimum absolute atomic E-state index is 0.138. The third kappa shape index (κ3) is 4.43. The van der Waals surface area contributed by atoms with Crippen LogP contribution >= 0.6 is 0 Å². The standard InChI is InChI=1S/C25H32FN5O3/c1-24(2,3)16-9-11-25(12-10-16)22(33)31(23(34)29-25)15-19(32)28-20(21-27-13-14-30(21)4)17-7-5-6-8-18(17)26/h5-8,13-14,16,20H,9-12,15H2,1-4H3,(H,28,32)(H,29,34)/t16?,20-,25?/m0/s1. The highest BCUT2D eigenvalue weighted by molar-refractivity contribution is 6.09. The van der Waals surface area contributed by atoms with E-state index in [9.17, 15) is 18.8 Å². The molecule has 2 heterocycles. The highest BCUT2D eigenvalue weighted by Gasteiger charge is 2.53. The van der Waals surface area contributed by atoms with E-state index in [2.05, 4.69) is 36.4 Å². The van der Waals surface area contributed by atoms with Crippen LogP contribution < -0.4 is 10.6 Å². The van der Waals surface area contributed by atoms with Crippen molar-refractivity contribution in [2.24, 2.45) is 18.4 Å². The monoisotopic (exact) mass is 469 g/mol. The molecule has 1 aliphatic carbocycles. The van der Waals surface area contributed by atoms with Gasteiger partial charge in [-0.15, -0.1) is 0 Å². The molecule has 1 saturated heterocycles. The van der Waals surface area contributed by atoms with Gasteiger partial charge in [0.2, 0.25) is 5.91 Å². The fraction of sp³-hybridized carbons (Fsp3) is 0.520. The lowest BCUT2D eigenvalue weighted by Gasteiger charge is -2.40. The normalized spacial score (nSPS) is 23.8. The molecular weight excluding hydrogens is 437 g/mol. The zero-order valence-corrected chi connectivity index (χ0v) is 20.1. The molecule has 0 unspecified atom stereocenters. The quantitative estimate of drug-likeness (QED) is 0.657. The van der Waals surface area contributed by atoms with E-state index in [1.165, 1.54) is 6.07 Å². The largest absolute Gasteiger partial charge is 0.340 e. The van der Waals surface area contributed by atoms with Gasteiger partial charge in [0.1, 0.15) is 29.8 Å². The summed E-state index contributed by atoms with van der Waals surface area (Å²) in [5, 5.41) is 5.63. The minimum Gasteiger partial charge on any atom is -0.340 e. The Labute approximate surface area is 198 Å². The Morgan fingerprint density at radius 3 is 2.53 bits per heavy atom. The molecule has 1 saturated carbocycles. The number of rotatable bonds is 5. The van der Waals surface area contributed by atoms with Crippen molar-refractivity contribution in [1.82, 2.24) is 25.1 Å². The van der Waals surface area contributed by atoms with Gasteiger partial charge >= 0.3 is 6.03 Å². The van der Waals surface area contributed by atoms with E-state index in [0.29, 0.717) is 24.6 Å². The highest BCUT2D eigenvalue weighted by Crippen LogP contribution is 2.43. The Hall–Kier alpha value is -3.23. The maximum atomic E-state index is 14.6. The molecule has 2 aromatic rings. The van der Waals surface area contributed by atoms with Crippen molar-refractivity contribution in [3.05, 3.63) is 53.9 Å². The average Bonchev–Trinajstić information content (AvgIpc) is 3.29. The first-order valence-corrected chi connectivity index (χ1v) is 11.7. The SMILES string of the molecule is Cn1ccnc1[C@@H](NC(=O)CN1C(=O)NC2(CCC(C(C)(C)C)CC2)C1=O)c1ccccc1F. The number of amides is 4. The Morgan fingerprint density at radius 1 is 1.26 bits per heavy atom. The average molecular weight is 470 g/mol. The number of carbonyl (C=O) groups excluding carboxylic acids is 3. The van der Waals surface area contributed by atoms with Crippen LogP contribution in [-0.4, -0.2) is 44.4 Å². The number of imidazole rings is 1. The van der Waals surface area contributed by atoms with Gasteiger partial charge in [0.05, 0.1) is 0 Å². The summed E-state index contributed by atoms with van der Waals surface area (Å²) in [5.74, 6) is -0.507. The Bertz CT molecular complexity index is 1100. The third-order valence-electron chi connectivity index (χ3n) is 7.25. The molecule has 1 atom stereocenters. The van der Waals surface area contributed by atoms with Gasteiger partial charge in [-0.1, -0.05) is 39.0 Å². The van der Waals surface area contributed by atoms with Crippen molar-refractivity contribution in [2.75, 3.05) is 6.54 Å². The van der Waals surface area contributed by atoms with Crippen molar-refractivity contribution in [2.45, 2.75) is 58.0 Å². The van der Waals surface area contributed by atoms with Crippen LogP contribution in [0.2, 0.25) is 0 Å². The van der Waals surface area contributed by atoms with Gasteiger partial charge in [-0.2, -0.15) is 0 Å². The van der Waals surface area contributed by atoms with Crippen molar-refractivity contribution in [3.63, 3.8) is 0 Å². The first-order chi connectivity index (χ1) is 16.0. The van der Waals surface area contributed by atoms with Gasteiger partial charge in [-0.05, 0) is 43.1 Å². The second-order valence-corrected chi connectivity index (χ2v) is 10.5. The van der Waals surface area contributed by atoms with Gasteiger partial charge in [0, 0.05) is 25.0 Å². The number of aryl methyl sites for hydroxylation is 1. The number of carbonyl (C=O) groups is 3. The summed E-state index contributed by atoms with van der Waals surface area (Å²) in [5.41, 5.74) is -0.553. The van der Waals surface area contributed by atoms with Gasteiger partial charge < -0.3 is 15.2 Å². The van der Waals surface area contributed by atoms with Gasteiger partial charge in [-0.3, -0.25) is 14.5 Å². The molecule has 1 aliphatic heterocycles. The first kappa shape index (κ1) is 23.9. The first-order valence-electron chi connectivity index (χ1n) is 11.7. The molecule has 8 nitrogen and oxygen atoms in total. The molecule has 1 spiro atoms. The number of halogens is 1. The number of hydrogen-bond acceptors (Lipinski definition) is 4. The number of urea groups is 1. The number of nitrogens with one attached hydrogen (secondary N) is 2. The molecular formula is C25H32FN5O3. The third-order valence-corrected chi connectivity index (χ3v) is 7.25. The van der Waals surface area contributed by atoms with Crippen LogP contribution in [0.3, 0.4) is 0 Å². The molecule has 4 amide bonds. The Morgan fingerprint density at radius 2 is 1.94 bits per heavy atom. The number of imide groups is 1. The lowest BCUT2D eigenvalue weighted by atomic mass is 9.67. The van der Waals surface area contributed by atoms with Crippen LogP contribution in [0.4, 0.5) is 9.18 Å². The fourth-order valence-corrected chi connectivity index (χ4v) is 5.13. The molecule has 34 heavy (non-hydrogen) atoms. The number of aromatic nitrogens is 2. The van der Waals surface area contributed by atoms with Crippen molar-refractivity contribution < 1.29 is 18.8 Å². The Kier molecular flexibility index (Phi) is 6.22. The topological polar surface area (TPSA) is 96.3 Å². The molecule has 9 heteroatoms. The van der Waals surface area contributed by atoms with Crippen LogP contribution in [-0.2, 0) is 16.6 Å². The smallest absolute Gasteiger partial charge is 0.325 e. The van der Waals surface area contributed by atoms with Crippen molar-refractivity contribution in [1.29, 1.82) is 0 Å². The van der Waals surface area contributed by atoms with E-state index < -0.39 is 35.9 Å². The number of nitrogens with zero attached hydrogens (tertiary/aromatic N) is 3. The van der Waals surface area contributed by atoms with Gasteiger partial charge in [0.15, 0.2) is 0 Å². The summed E-state index contributed by atoms with van der Waals surface area (Å²) in [7, 11) is 1.75. The number of benzene rings is 1. The summed E-state index contributed by atoms with van der Waals surface area (Å²) in [6, 6.07) is 4.70. The molecule has 2 aliphatic rings. The lowest BCUT2D eigenvalue weighted by molar-refractivity contribution is -0.136. The van der Waals surface area contributed by atoms with E-state index in [1.54, 1.807) is 42.2 Å². The van der Waals surface area contributed by atoms with Crippen LogP contribution in [0.25, 0.3) is 0 Å². The van der Waals surface area contributed by atoms with Gasteiger partial charge in [0.25, 0.3) is 5.91 Å². The highest BCUT2D eigenvalue weighted by atomic mass is 19.1. The van der Waals surface area contributed by atoms with E-state index in [0.717, 1.165) is 17.7 Å². The molecule has 2 N–H and O–H groups in total. The van der Waals surface area contributed by atoms with E-state index >= 15 is 0 Å². The molecule has 1 aromatic heterocycles. The van der Waals surface area contributed by atoms with Crippen LogP contribution in [0.15, 0.2) is 36.7 Å². The van der Waals surface area contributed by atoms with Crippen molar-refractivity contribution in [3.8, 4) is 0 Å². The molecule has 2 fully saturated rings. The molecule has 182 valence electrons. The zero-order chi connectivity index (χ0) is 24.7. The van der Waals surface area contributed by atoms with E-state index in [4.69, 9.17) is 0 Å². The number of hydrogen-bond donors (Lipinski definition) is 2. The van der Waals surface area contributed by atoms with Gasteiger partial charge in [-0.25, -0.2) is 14.2 Å². The lowest BCUT2D eigenvalue weighted by Crippen LogP contribution is -2.51. The second kappa shape index (κ2) is 8.85. The van der Waals surface area contributed by atoms with Crippen LogP contribution in [0.1, 0.15) is 63.9 Å². The fourth-order valence-electron chi connectivity index (χ4n) is 5.13. The molecule has 1 aromatic carbocycles. The summed E-state index contributed by atoms with van der Waals surface area (Å²) in [6.07, 6.45) is 6.05. The minimum atomic E-state index is -0.941. The zero-order valence-electron chi connectivity index (χ0n) is 20.1. The maximum absolute atomic E-state index is 14.6. The summed E-state index contributed by atoms with van der Waals surface area (Å²) in [6.45, 7) is 6.13. The summed E-state index contributed by atoms with van der Waals surface area (Å²) >= 11 is 0. The van der Waals surface area contributed by atoms with E-state index in [1.807, 2.05) is 0 Å².